The number of rotatable bonds is 8. The number of nitrogens with zero attached hydrogens (tertiary/aromatic N) is 3. The van der Waals surface area contributed by atoms with Crippen LogP contribution in [0.4, 0.5) is 5.82 Å². The summed E-state index contributed by atoms with van der Waals surface area (Å²) in [5.74, 6) is 1.93. The quantitative estimate of drug-likeness (QED) is 0.574. The highest BCUT2D eigenvalue weighted by molar-refractivity contribution is 7.89. The van der Waals surface area contributed by atoms with Crippen molar-refractivity contribution in [1.82, 2.24) is 19.5 Å². The highest BCUT2D eigenvalue weighted by Crippen LogP contribution is 2.21. The maximum absolute atomic E-state index is 12.4. The Kier molecular flexibility index (Phi) is 5.72. The molecule has 9 heteroatoms. The summed E-state index contributed by atoms with van der Waals surface area (Å²) in [5, 5.41) is 11.2. The molecular weight excluding hydrogens is 366 g/mol. The van der Waals surface area contributed by atoms with Gasteiger partial charge >= 0.3 is 0 Å². The molecule has 142 valence electrons. The molecule has 0 saturated carbocycles. The van der Waals surface area contributed by atoms with Crippen LogP contribution in [-0.2, 0) is 10.0 Å². The average molecular weight is 387 g/mol. The molecule has 0 atom stereocenters. The van der Waals surface area contributed by atoms with Crippen LogP contribution in [0.15, 0.2) is 59.8 Å². The van der Waals surface area contributed by atoms with Gasteiger partial charge in [0, 0.05) is 25.5 Å². The third kappa shape index (κ3) is 4.63. The number of aryl methyl sites for hydroxylation is 1. The Balaban J connectivity index is 1.52. The summed E-state index contributed by atoms with van der Waals surface area (Å²) < 4.78 is 34.3. The molecule has 3 rings (SSSR count). The lowest BCUT2D eigenvalue weighted by atomic mass is 10.2. The first-order valence-electron chi connectivity index (χ1n) is 8.35. The molecule has 0 aliphatic heterocycles. The lowest BCUT2D eigenvalue weighted by molar-refractivity contribution is 0.411. The van der Waals surface area contributed by atoms with Crippen LogP contribution in [0.3, 0.4) is 0 Å². The molecule has 2 N–H and O–H groups in total. The van der Waals surface area contributed by atoms with Crippen molar-refractivity contribution < 1.29 is 13.2 Å². The van der Waals surface area contributed by atoms with Crippen LogP contribution >= 0.6 is 0 Å². The third-order valence-corrected chi connectivity index (χ3v) is 5.38. The first-order chi connectivity index (χ1) is 13.0. The molecule has 0 aliphatic carbocycles. The minimum Gasteiger partial charge on any atom is -0.496 e. The molecule has 0 saturated heterocycles. The van der Waals surface area contributed by atoms with Crippen LogP contribution in [0.5, 0.6) is 5.75 Å². The van der Waals surface area contributed by atoms with Gasteiger partial charge in [0.1, 0.15) is 11.6 Å². The second-order valence-electron chi connectivity index (χ2n) is 5.82. The molecule has 0 bridgehead atoms. The van der Waals surface area contributed by atoms with E-state index in [1.807, 2.05) is 35.2 Å². The van der Waals surface area contributed by atoms with Crippen molar-refractivity contribution in [1.29, 1.82) is 0 Å². The van der Waals surface area contributed by atoms with Gasteiger partial charge in [0.2, 0.25) is 10.0 Å². The Labute approximate surface area is 158 Å². The Bertz CT molecular complexity index is 986. The van der Waals surface area contributed by atoms with Crippen molar-refractivity contribution in [2.45, 2.75) is 11.8 Å². The fraction of sp³-hybridized carbons (Fsp3) is 0.222. The van der Waals surface area contributed by atoms with E-state index in [0.29, 0.717) is 23.9 Å². The number of sulfonamides is 1. The third-order valence-electron chi connectivity index (χ3n) is 3.92. The normalized spacial score (nSPS) is 11.3. The van der Waals surface area contributed by atoms with E-state index in [1.54, 1.807) is 32.2 Å². The van der Waals surface area contributed by atoms with Crippen LogP contribution in [0, 0.1) is 6.92 Å². The van der Waals surface area contributed by atoms with Gasteiger partial charge in [-0.05, 0) is 55.0 Å². The van der Waals surface area contributed by atoms with E-state index >= 15 is 0 Å². The molecule has 8 nitrogen and oxygen atoms in total. The number of benzene rings is 1. The number of nitrogens with one attached hydrogen (secondary N) is 2. The van der Waals surface area contributed by atoms with Crippen LogP contribution in [0.25, 0.3) is 5.82 Å². The Morgan fingerprint density at radius 3 is 2.48 bits per heavy atom. The largest absolute Gasteiger partial charge is 0.496 e. The molecule has 0 aliphatic rings. The average Bonchev–Trinajstić information content (AvgIpc) is 3.20. The highest BCUT2D eigenvalue weighted by atomic mass is 32.2. The van der Waals surface area contributed by atoms with Gasteiger partial charge in [0.25, 0.3) is 0 Å². The number of methoxy groups -OCH3 is 1. The SMILES string of the molecule is COc1ccc(S(=O)(=O)NCCNc2ccc(-n3cccc3)nn2)cc1C. The summed E-state index contributed by atoms with van der Waals surface area (Å²) in [5.41, 5.74) is 0.761. The van der Waals surface area contributed by atoms with Crippen molar-refractivity contribution in [3.63, 3.8) is 0 Å². The lowest BCUT2D eigenvalue weighted by Crippen LogP contribution is -2.29. The highest BCUT2D eigenvalue weighted by Gasteiger charge is 2.14. The lowest BCUT2D eigenvalue weighted by Gasteiger charge is -2.10. The Hall–Kier alpha value is -2.91. The molecule has 2 aromatic heterocycles. The molecule has 1 aromatic carbocycles. The van der Waals surface area contributed by atoms with E-state index < -0.39 is 10.0 Å². The van der Waals surface area contributed by atoms with Gasteiger partial charge in [-0.3, -0.25) is 0 Å². The molecule has 27 heavy (non-hydrogen) atoms. The van der Waals surface area contributed by atoms with Gasteiger partial charge in [-0.2, -0.15) is 0 Å². The predicted octanol–water partition coefficient (Wildman–Crippen LogP) is 1.97. The predicted molar refractivity (Wildman–Crippen MR) is 103 cm³/mol. The number of aromatic nitrogens is 3. The molecule has 0 fully saturated rings. The Morgan fingerprint density at radius 1 is 1.07 bits per heavy atom. The van der Waals surface area contributed by atoms with E-state index in [-0.39, 0.29) is 11.4 Å². The fourth-order valence-corrected chi connectivity index (χ4v) is 3.64. The maximum Gasteiger partial charge on any atom is 0.240 e. The summed E-state index contributed by atoms with van der Waals surface area (Å²) >= 11 is 0. The Morgan fingerprint density at radius 2 is 1.85 bits per heavy atom. The minimum atomic E-state index is -3.58. The monoisotopic (exact) mass is 387 g/mol. The first kappa shape index (κ1) is 18.9. The number of hydrogen-bond acceptors (Lipinski definition) is 6. The van der Waals surface area contributed by atoms with Gasteiger partial charge in [0.05, 0.1) is 12.0 Å². The zero-order valence-corrected chi connectivity index (χ0v) is 15.9. The molecule has 0 radical (unpaired) electrons. The molecule has 0 spiro atoms. The zero-order chi connectivity index (χ0) is 19.3. The van der Waals surface area contributed by atoms with Crippen molar-refractivity contribution in [3.8, 4) is 11.6 Å². The molecule has 0 amide bonds. The van der Waals surface area contributed by atoms with Crippen LogP contribution < -0.4 is 14.8 Å². The van der Waals surface area contributed by atoms with Crippen molar-refractivity contribution in [3.05, 3.63) is 60.4 Å². The summed E-state index contributed by atoms with van der Waals surface area (Å²) in [6.45, 7) is 2.40. The van der Waals surface area contributed by atoms with E-state index in [2.05, 4.69) is 20.2 Å². The zero-order valence-electron chi connectivity index (χ0n) is 15.1. The second kappa shape index (κ2) is 8.19. The van der Waals surface area contributed by atoms with Gasteiger partial charge in [0.15, 0.2) is 5.82 Å². The topological polar surface area (TPSA) is 98.1 Å². The summed E-state index contributed by atoms with van der Waals surface area (Å²) in [6.07, 6.45) is 3.76. The van der Waals surface area contributed by atoms with Gasteiger partial charge in [-0.1, -0.05) is 0 Å². The van der Waals surface area contributed by atoms with Gasteiger partial charge < -0.3 is 14.6 Å². The number of ether oxygens (including phenoxy) is 1. The fourth-order valence-electron chi connectivity index (χ4n) is 2.52. The molecule has 0 unspecified atom stereocenters. The second-order valence-corrected chi connectivity index (χ2v) is 7.59. The van der Waals surface area contributed by atoms with E-state index in [0.717, 1.165) is 5.56 Å². The van der Waals surface area contributed by atoms with Crippen molar-refractivity contribution >= 4 is 15.8 Å². The van der Waals surface area contributed by atoms with Gasteiger partial charge in [-0.15, -0.1) is 10.2 Å². The number of hydrogen-bond donors (Lipinski definition) is 2. The van der Waals surface area contributed by atoms with Crippen LogP contribution in [-0.4, -0.2) is 43.4 Å². The van der Waals surface area contributed by atoms with Crippen molar-refractivity contribution in [2.75, 3.05) is 25.5 Å². The van der Waals surface area contributed by atoms with E-state index in [1.165, 1.54) is 6.07 Å². The smallest absolute Gasteiger partial charge is 0.240 e. The van der Waals surface area contributed by atoms with Gasteiger partial charge in [-0.25, -0.2) is 13.1 Å². The molecular formula is C18H21N5O3S. The van der Waals surface area contributed by atoms with Crippen molar-refractivity contribution in [2.24, 2.45) is 0 Å². The minimum absolute atomic E-state index is 0.205. The first-order valence-corrected chi connectivity index (χ1v) is 9.83. The standard InChI is InChI=1S/C18H21N5O3S/c1-14-13-15(5-6-16(14)26-2)27(24,25)20-10-9-19-17-7-8-18(22-21-17)23-11-3-4-12-23/h3-8,11-13,20H,9-10H2,1-2H3,(H,19,21). The summed E-state index contributed by atoms with van der Waals surface area (Å²) in [7, 11) is -2.03. The summed E-state index contributed by atoms with van der Waals surface area (Å²) in [6, 6.07) is 12.2. The van der Waals surface area contributed by atoms with Crippen LogP contribution in [0.1, 0.15) is 5.56 Å². The van der Waals surface area contributed by atoms with E-state index in [4.69, 9.17) is 4.74 Å². The van der Waals surface area contributed by atoms with E-state index in [9.17, 15) is 8.42 Å². The molecule has 3 aromatic rings. The molecule has 2 heterocycles. The number of anilines is 1. The maximum atomic E-state index is 12.4. The van der Waals surface area contributed by atoms with Crippen LogP contribution in [0.2, 0.25) is 0 Å². The summed E-state index contributed by atoms with van der Waals surface area (Å²) in [4.78, 5) is 0.205.